The van der Waals surface area contributed by atoms with Gasteiger partial charge in [-0.2, -0.15) is 0 Å². The van der Waals surface area contributed by atoms with Crippen molar-refractivity contribution < 1.29 is 19.4 Å². The zero-order valence-electron chi connectivity index (χ0n) is 21.0. The van der Waals surface area contributed by atoms with Crippen LogP contribution in [0.5, 0.6) is 0 Å². The van der Waals surface area contributed by atoms with Gasteiger partial charge in [0.25, 0.3) is 11.7 Å². The molecule has 188 valence electrons. The number of fused-ring (bicyclic) bond motifs is 1. The second-order valence-electron chi connectivity index (χ2n) is 9.64. The van der Waals surface area contributed by atoms with Crippen LogP contribution < -0.4 is 0 Å². The number of likely N-dealkylation sites (tertiary alicyclic amines) is 1. The lowest BCUT2D eigenvalue weighted by Crippen LogP contribution is -2.38. The van der Waals surface area contributed by atoms with E-state index in [1.165, 1.54) is 0 Å². The van der Waals surface area contributed by atoms with E-state index in [1.807, 2.05) is 67.8 Å². The van der Waals surface area contributed by atoms with Crippen LogP contribution in [0, 0.1) is 20.8 Å². The average Bonchev–Trinajstić information content (AvgIpc) is 3.35. The molecule has 1 aromatic carbocycles. The number of aliphatic hydroxyl groups is 1. The molecule has 1 N–H and O–H groups in total. The summed E-state index contributed by atoms with van der Waals surface area (Å²) in [5, 5.41) is 11.5. The number of hydrogen-bond acceptors (Lipinski definition) is 6. The highest BCUT2D eigenvalue weighted by molar-refractivity contribution is 6.46. The van der Waals surface area contributed by atoms with Gasteiger partial charge in [-0.05, 0) is 44.4 Å². The number of morpholine rings is 1. The van der Waals surface area contributed by atoms with Crippen LogP contribution in [0.25, 0.3) is 11.4 Å². The fraction of sp³-hybridized carbons (Fsp3) is 0.393. The Morgan fingerprint density at radius 2 is 1.78 bits per heavy atom. The lowest BCUT2D eigenvalue weighted by molar-refractivity contribution is -0.140. The Morgan fingerprint density at radius 3 is 2.47 bits per heavy atom. The third kappa shape index (κ3) is 4.31. The summed E-state index contributed by atoms with van der Waals surface area (Å²) in [4.78, 5) is 35.2. The van der Waals surface area contributed by atoms with Crippen molar-refractivity contribution in [3.63, 3.8) is 0 Å². The Kier molecular flexibility index (Phi) is 6.64. The number of nitrogens with zero attached hydrogens (tertiary/aromatic N) is 4. The Bertz CT molecular complexity index is 1340. The number of aliphatic hydroxyl groups excluding tert-OH is 1. The molecular formula is C28H32N4O4. The molecule has 2 aliphatic heterocycles. The molecule has 1 unspecified atom stereocenters. The molecule has 8 heteroatoms. The van der Waals surface area contributed by atoms with Gasteiger partial charge in [0.2, 0.25) is 0 Å². The van der Waals surface area contributed by atoms with Crippen LogP contribution in [0.15, 0.2) is 48.2 Å². The number of aryl methyl sites for hydroxylation is 3. The molecule has 0 spiro atoms. The van der Waals surface area contributed by atoms with E-state index < -0.39 is 17.7 Å². The zero-order chi connectivity index (χ0) is 25.4. The van der Waals surface area contributed by atoms with Crippen LogP contribution in [0.2, 0.25) is 0 Å². The molecule has 0 radical (unpaired) electrons. The van der Waals surface area contributed by atoms with Crippen molar-refractivity contribution in [3.8, 4) is 0 Å². The highest BCUT2D eigenvalue weighted by Gasteiger charge is 2.46. The predicted molar refractivity (Wildman–Crippen MR) is 137 cm³/mol. The van der Waals surface area contributed by atoms with Crippen molar-refractivity contribution in [3.05, 3.63) is 76.2 Å². The lowest BCUT2D eigenvalue weighted by atomic mass is 9.95. The average molecular weight is 489 g/mol. The molecule has 0 saturated carbocycles. The first-order chi connectivity index (χ1) is 17.4. The van der Waals surface area contributed by atoms with Gasteiger partial charge in [-0.15, -0.1) is 0 Å². The third-order valence-corrected chi connectivity index (χ3v) is 7.22. The number of ether oxygens (including phenoxy) is 1. The summed E-state index contributed by atoms with van der Waals surface area (Å²) < 4.78 is 7.32. The molecule has 2 saturated heterocycles. The van der Waals surface area contributed by atoms with Gasteiger partial charge in [0.15, 0.2) is 5.76 Å². The number of carbonyl (C=O) groups is 2. The van der Waals surface area contributed by atoms with Crippen LogP contribution >= 0.6 is 0 Å². The lowest BCUT2D eigenvalue weighted by Gasteiger charge is -2.29. The van der Waals surface area contributed by atoms with E-state index >= 15 is 0 Å². The minimum absolute atomic E-state index is 0.0967. The molecule has 3 aromatic rings. The quantitative estimate of drug-likeness (QED) is 0.325. The van der Waals surface area contributed by atoms with E-state index in [-0.39, 0.29) is 11.3 Å². The molecule has 0 aliphatic carbocycles. The maximum Gasteiger partial charge on any atom is 0.295 e. The number of aromatic nitrogens is 2. The van der Waals surface area contributed by atoms with E-state index in [2.05, 4.69) is 9.88 Å². The molecule has 2 fully saturated rings. The van der Waals surface area contributed by atoms with Gasteiger partial charge in [0.1, 0.15) is 11.3 Å². The topological polar surface area (TPSA) is 87.4 Å². The molecule has 2 aromatic heterocycles. The molecule has 0 bridgehead atoms. The fourth-order valence-electron chi connectivity index (χ4n) is 5.17. The number of hydrogen-bond donors (Lipinski definition) is 1. The minimum Gasteiger partial charge on any atom is -0.505 e. The maximum absolute atomic E-state index is 13.4. The van der Waals surface area contributed by atoms with Crippen molar-refractivity contribution >= 4 is 23.1 Å². The highest BCUT2D eigenvalue weighted by atomic mass is 16.5. The van der Waals surface area contributed by atoms with Gasteiger partial charge in [-0.1, -0.05) is 35.9 Å². The molecule has 8 nitrogen and oxygen atoms in total. The van der Waals surface area contributed by atoms with Crippen LogP contribution in [-0.4, -0.2) is 75.4 Å². The van der Waals surface area contributed by atoms with E-state index in [0.29, 0.717) is 36.8 Å². The number of amides is 1. The Labute approximate surface area is 210 Å². The van der Waals surface area contributed by atoms with Crippen LogP contribution in [0.3, 0.4) is 0 Å². The van der Waals surface area contributed by atoms with Crippen molar-refractivity contribution in [1.29, 1.82) is 0 Å². The summed E-state index contributed by atoms with van der Waals surface area (Å²) in [5.41, 5.74) is 4.68. The van der Waals surface area contributed by atoms with Crippen molar-refractivity contribution in [2.45, 2.75) is 33.2 Å². The predicted octanol–water partition coefficient (Wildman–Crippen LogP) is 3.40. The summed E-state index contributed by atoms with van der Waals surface area (Å²) in [6, 6.07) is 11.0. The van der Waals surface area contributed by atoms with Crippen molar-refractivity contribution in [2.24, 2.45) is 0 Å². The number of ketones is 1. The van der Waals surface area contributed by atoms with Gasteiger partial charge in [-0.25, -0.2) is 4.98 Å². The third-order valence-electron chi connectivity index (χ3n) is 7.22. The van der Waals surface area contributed by atoms with Gasteiger partial charge >= 0.3 is 0 Å². The molecule has 1 atom stereocenters. The first-order valence-corrected chi connectivity index (χ1v) is 12.5. The minimum atomic E-state index is -0.669. The monoisotopic (exact) mass is 488 g/mol. The standard InChI is InChI=1S/C28H32N4O4/c1-18-7-9-21(10-8-18)24-22(25(33)23-20(3)31-12-4-6-19(2)27(31)29-23)26(34)28(35)32(24)13-5-11-30-14-16-36-17-15-30/h4,6-10,12,24,33H,5,11,13-17H2,1-3H3. The summed E-state index contributed by atoms with van der Waals surface area (Å²) in [7, 11) is 0. The van der Waals surface area contributed by atoms with Crippen LogP contribution in [0.1, 0.15) is 40.5 Å². The molecular weight excluding hydrogens is 456 g/mol. The maximum atomic E-state index is 13.4. The molecule has 4 heterocycles. The summed E-state index contributed by atoms with van der Waals surface area (Å²) in [6.45, 7) is 10.2. The first kappa shape index (κ1) is 24.2. The van der Waals surface area contributed by atoms with Crippen molar-refractivity contribution in [2.75, 3.05) is 39.4 Å². The number of Topliss-reactive ketones (excluding diaryl/α,β-unsaturated/α-hetero) is 1. The van der Waals surface area contributed by atoms with E-state index in [9.17, 15) is 14.7 Å². The molecule has 1 amide bonds. The molecule has 36 heavy (non-hydrogen) atoms. The van der Waals surface area contributed by atoms with E-state index in [1.54, 1.807) is 4.90 Å². The number of benzene rings is 1. The van der Waals surface area contributed by atoms with Gasteiger partial charge in [-0.3, -0.25) is 14.5 Å². The van der Waals surface area contributed by atoms with Gasteiger partial charge in [0, 0.05) is 32.4 Å². The molecule has 5 rings (SSSR count). The number of imidazole rings is 1. The molecule has 2 aliphatic rings. The Balaban J connectivity index is 1.54. The van der Waals surface area contributed by atoms with Gasteiger partial charge in [0.05, 0.1) is 30.5 Å². The SMILES string of the molecule is Cc1ccc(C2C(=C(O)c3nc4c(C)cccn4c3C)C(=O)C(=O)N2CCCN2CCOCC2)cc1. The number of rotatable bonds is 6. The second-order valence-corrected chi connectivity index (χ2v) is 9.64. The van der Waals surface area contributed by atoms with Crippen LogP contribution in [0.4, 0.5) is 0 Å². The number of carbonyl (C=O) groups excluding carboxylic acids is 2. The summed E-state index contributed by atoms with van der Waals surface area (Å²) >= 11 is 0. The smallest absolute Gasteiger partial charge is 0.295 e. The zero-order valence-corrected chi connectivity index (χ0v) is 21.0. The van der Waals surface area contributed by atoms with Crippen molar-refractivity contribution in [1.82, 2.24) is 19.2 Å². The van der Waals surface area contributed by atoms with Crippen LogP contribution in [-0.2, 0) is 14.3 Å². The fourth-order valence-corrected chi connectivity index (χ4v) is 5.17. The first-order valence-electron chi connectivity index (χ1n) is 12.5. The van der Waals surface area contributed by atoms with Gasteiger partial charge < -0.3 is 19.1 Å². The summed E-state index contributed by atoms with van der Waals surface area (Å²) in [6.07, 6.45) is 2.60. The van der Waals surface area contributed by atoms with E-state index in [4.69, 9.17) is 4.74 Å². The second kappa shape index (κ2) is 9.87. The summed E-state index contributed by atoms with van der Waals surface area (Å²) in [5.74, 6) is -1.48. The Morgan fingerprint density at radius 1 is 1.06 bits per heavy atom. The number of pyridine rings is 1. The highest BCUT2D eigenvalue weighted by Crippen LogP contribution is 2.40. The van der Waals surface area contributed by atoms with E-state index in [0.717, 1.165) is 42.7 Å². The largest absolute Gasteiger partial charge is 0.505 e. The Hall–Kier alpha value is -3.49. The normalized spacial score (nSPS) is 20.5.